The Balaban J connectivity index is 1.55. The lowest BCUT2D eigenvalue weighted by molar-refractivity contribution is -0.148. The van der Waals surface area contributed by atoms with Crippen LogP contribution in [0.3, 0.4) is 0 Å². The van der Waals surface area contributed by atoms with Crippen LogP contribution in [0.5, 0.6) is 23.0 Å². The Labute approximate surface area is 185 Å². The predicted molar refractivity (Wildman–Crippen MR) is 114 cm³/mol. The van der Waals surface area contributed by atoms with E-state index >= 15 is 0 Å². The molecule has 0 bridgehead atoms. The minimum atomic E-state index is -0.788. The number of nitrogens with zero attached hydrogens (tertiary/aromatic N) is 1. The van der Waals surface area contributed by atoms with Crippen LogP contribution in [0.1, 0.15) is 31.0 Å². The zero-order chi connectivity index (χ0) is 22.7. The van der Waals surface area contributed by atoms with E-state index in [2.05, 4.69) is 10.3 Å². The summed E-state index contributed by atoms with van der Waals surface area (Å²) >= 11 is 0. The second kappa shape index (κ2) is 9.17. The second-order valence-electron chi connectivity index (χ2n) is 7.30. The third kappa shape index (κ3) is 4.32. The van der Waals surface area contributed by atoms with Crippen LogP contribution in [-0.4, -0.2) is 38.2 Å². The van der Waals surface area contributed by atoms with Gasteiger partial charge in [-0.05, 0) is 49.2 Å². The van der Waals surface area contributed by atoms with Gasteiger partial charge >= 0.3 is 12.0 Å². The summed E-state index contributed by atoms with van der Waals surface area (Å²) in [5.74, 6) is 1.06. The largest absolute Gasteiger partial charge is 0.493 e. The van der Waals surface area contributed by atoms with E-state index < -0.39 is 24.0 Å². The van der Waals surface area contributed by atoms with E-state index in [0.717, 1.165) is 5.56 Å². The van der Waals surface area contributed by atoms with Crippen LogP contribution in [0.2, 0.25) is 0 Å². The lowest BCUT2D eigenvalue weighted by Crippen LogP contribution is -2.44. The lowest BCUT2D eigenvalue weighted by Gasteiger charge is -2.30. The zero-order valence-electron chi connectivity index (χ0n) is 18.0. The van der Waals surface area contributed by atoms with Crippen LogP contribution in [0.25, 0.3) is 0 Å². The highest BCUT2D eigenvalue weighted by molar-refractivity contribution is 6.08. The highest BCUT2D eigenvalue weighted by Gasteiger charge is 2.38. The van der Waals surface area contributed by atoms with Gasteiger partial charge in [0.25, 0.3) is 0 Å². The minimum absolute atomic E-state index is 0.0481. The van der Waals surface area contributed by atoms with Gasteiger partial charge in [-0.15, -0.1) is 0 Å². The summed E-state index contributed by atoms with van der Waals surface area (Å²) in [5.41, 5.74) is 1.82. The molecule has 0 aromatic heterocycles. The van der Waals surface area contributed by atoms with Gasteiger partial charge < -0.3 is 29.0 Å². The van der Waals surface area contributed by atoms with E-state index in [9.17, 15) is 9.59 Å². The maximum atomic E-state index is 13.1. The Kier molecular flexibility index (Phi) is 6.16. The number of methoxy groups -OCH3 is 1. The maximum absolute atomic E-state index is 13.1. The molecule has 2 unspecified atom stereocenters. The topological polar surface area (TPSA) is 105 Å². The minimum Gasteiger partial charge on any atom is -0.493 e. The van der Waals surface area contributed by atoms with Crippen LogP contribution >= 0.6 is 0 Å². The van der Waals surface area contributed by atoms with Crippen molar-refractivity contribution in [3.63, 3.8) is 0 Å². The van der Waals surface area contributed by atoms with Crippen LogP contribution in [-0.2, 0) is 16.1 Å². The van der Waals surface area contributed by atoms with Crippen molar-refractivity contribution in [2.45, 2.75) is 26.5 Å². The first kappa shape index (κ1) is 21.5. The Hall–Kier alpha value is -3.75. The van der Waals surface area contributed by atoms with Crippen LogP contribution in [0.4, 0.5) is 4.79 Å². The molecule has 0 fully saturated rings. The highest BCUT2D eigenvalue weighted by Crippen LogP contribution is 2.35. The van der Waals surface area contributed by atoms with Gasteiger partial charge in [0, 0.05) is 5.71 Å². The molecule has 32 heavy (non-hydrogen) atoms. The van der Waals surface area contributed by atoms with Gasteiger partial charge in [-0.1, -0.05) is 12.1 Å². The number of carbonyl (C=O) groups is 2. The molecule has 0 spiro atoms. The Morgan fingerprint density at radius 3 is 2.75 bits per heavy atom. The average Bonchev–Trinajstić information content (AvgIpc) is 3.25. The Bertz CT molecular complexity index is 1070. The lowest BCUT2D eigenvalue weighted by atomic mass is 9.88. The van der Waals surface area contributed by atoms with Crippen molar-refractivity contribution in [1.29, 1.82) is 0 Å². The number of ether oxygens (including phenoxy) is 5. The molecule has 2 aromatic rings. The van der Waals surface area contributed by atoms with Crippen molar-refractivity contribution in [1.82, 2.24) is 5.32 Å². The number of carbonyl (C=O) groups excluding carboxylic acids is 2. The molecule has 9 nitrogen and oxygen atoms in total. The third-order valence-electron chi connectivity index (χ3n) is 5.26. The molecule has 2 atom stereocenters. The molecule has 1 N–H and O–H groups in total. The Morgan fingerprint density at radius 2 is 1.97 bits per heavy atom. The molecule has 2 aliphatic rings. The number of hydrogen-bond donors (Lipinski definition) is 1. The molecular formula is C23H24N2O7. The van der Waals surface area contributed by atoms with Crippen molar-refractivity contribution in [2.24, 2.45) is 10.9 Å². The molecule has 9 heteroatoms. The number of hydrogen-bond acceptors (Lipinski definition) is 7. The number of benzene rings is 2. The van der Waals surface area contributed by atoms with E-state index in [1.165, 1.54) is 7.11 Å². The number of urea groups is 1. The number of rotatable bonds is 7. The van der Waals surface area contributed by atoms with Gasteiger partial charge in [0.15, 0.2) is 23.0 Å². The van der Waals surface area contributed by atoms with E-state index in [1.807, 2.05) is 6.92 Å². The average molecular weight is 440 g/mol. The fraction of sp³-hybridized carbons (Fsp3) is 0.348. The molecule has 0 saturated carbocycles. The highest BCUT2D eigenvalue weighted by atomic mass is 16.7. The summed E-state index contributed by atoms with van der Waals surface area (Å²) in [5, 5.41) is 2.77. The van der Waals surface area contributed by atoms with E-state index in [0.29, 0.717) is 40.9 Å². The van der Waals surface area contributed by atoms with Crippen molar-refractivity contribution in [2.75, 3.05) is 20.5 Å². The maximum Gasteiger partial charge on any atom is 0.341 e. The second-order valence-corrected chi connectivity index (χ2v) is 7.30. The summed E-state index contributed by atoms with van der Waals surface area (Å²) < 4.78 is 27.2. The van der Waals surface area contributed by atoms with Crippen LogP contribution < -0.4 is 24.3 Å². The molecule has 0 radical (unpaired) electrons. The third-order valence-corrected chi connectivity index (χ3v) is 5.26. The van der Waals surface area contributed by atoms with E-state index in [1.54, 1.807) is 43.3 Å². The number of esters is 1. The van der Waals surface area contributed by atoms with Crippen molar-refractivity contribution >= 4 is 17.7 Å². The smallest absolute Gasteiger partial charge is 0.341 e. The first-order valence-electron chi connectivity index (χ1n) is 10.2. The van der Waals surface area contributed by atoms with Gasteiger partial charge in [-0.3, -0.25) is 4.79 Å². The first-order chi connectivity index (χ1) is 15.5. The standard InChI is InChI=1S/C23H24N2O7/c1-4-29-16-8-6-15(10-18(16)28-3)21-20(13(2)24-23(27)25-21)22(26)30-11-14-5-7-17-19(9-14)32-12-31-17/h5-10,20-21H,4,11-12H2,1-3H3,(H,25,27). The number of aliphatic imine (C=N–C) groups is 1. The SMILES string of the molecule is CCOc1ccc(C2NC(=O)N=C(C)C2C(=O)OCc2ccc3c(c2)OCO3)cc1OC. The molecule has 0 saturated heterocycles. The summed E-state index contributed by atoms with van der Waals surface area (Å²) in [4.78, 5) is 29.1. The molecule has 0 aliphatic carbocycles. The van der Waals surface area contributed by atoms with Gasteiger partial charge in [0.05, 0.1) is 19.8 Å². The van der Waals surface area contributed by atoms with Crippen molar-refractivity contribution < 1.29 is 33.3 Å². The van der Waals surface area contributed by atoms with Gasteiger partial charge in [0.1, 0.15) is 12.5 Å². The fourth-order valence-electron chi connectivity index (χ4n) is 3.73. The normalized spacial score (nSPS) is 19.1. The van der Waals surface area contributed by atoms with Gasteiger partial charge in [-0.2, -0.15) is 0 Å². The monoisotopic (exact) mass is 440 g/mol. The number of fused-ring (bicyclic) bond motifs is 1. The molecule has 4 rings (SSSR count). The van der Waals surface area contributed by atoms with Gasteiger partial charge in [0.2, 0.25) is 6.79 Å². The number of amides is 2. The molecule has 2 aliphatic heterocycles. The van der Waals surface area contributed by atoms with Crippen molar-refractivity contribution in [3.05, 3.63) is 47.5 Å². The molecular weight excluding hydrogens is 416 g/mol. The van der Waals surface area contributed by atoms with Crippen molar-refractivity contribution in [3.8, 4) is 23.0 Å². The molecule has 168 valence electrons. The molecule has 2 aromatic carbocycles. The van der Waals surface area contributed by atoms with Crippen LogP contribution in [0.15, 0.2) is 41.4 Å². The number of nitrogens with one attached hydrogen (secondary N) is 1. The summed E-state index contributed by atoms with van der Waals surface area (Å²) in [6, 6.07) is 9.46. The quantitative estimate of drug-likeness (QED) is 0.658. The van der Waals surface area contributed by atoms with Gasteiger partial charge in [-0.25, -0.2) is 9.79 Å². The van der Waals surface area contributed by atoms with E-state index in [-0.39, 0.29) is 13.4 Å². The fourth-order valence-corrected chi connectivity index (χ4v) is 3.73. The predicted octanol–water partition coefficient (Wildman–Crippen LogP) is 3.41. The summed E-state index contributed by atoms with van der Waals surface area (Å²) in [7, 11) is 1.53. The summed E-state index contributed by atoms with van der Waals surface area (Å²) in [6.45, 7) is 4.22. The van der Waals surface area contributed by atoms with Crippen LogP contribution in [0, 0.1) is 5.92 Å². The zero-order valence-corrected chi connectivity index (χ0v) is 18.0. The molecule has 2 amide bonds. The Morgan fingerprint density at radius 1 is 1.16 bits per heavy atom. The first-order valence-corrected chi connectivity index (χ1v) is 10.2. The molecule has 2 heterocycles. The summed E-state index contributed by atoms with van der Waals surface area (Å²) in [6.07, 6.45) is 0. The van der Waals surface area contributed by atoms with E-state index in [4.69, 9.17) is 23.7 Å².